The lowest BCUT2D eigenvalue weighted by Gasteiger charge is -2.35. The third-order valence-corrected chi connectivity index (χ3v) is 4.82. The summed E-state index contributed by atoms with van der Waals surface area (Å²) in [6, 6.07) is 12.6. The maximum Gasteiger partial charge on any atom is 0.262 e. The molecule has 0 aromatic heterocycles. The number of carbonyl (C=O) groups is 1. The summed E-state index contributed by atoms with van der Waals surface area (Å²) >= 11 is 12.2. The van der Waals surface area contributed by atoms with E-state index in [0.29, 0.717) is 21.5 Å². The Labute approximate surface area is 163 Å². The van der Waals surface area contributed by atoms with Gasteiger partial charge in [-0.05, 0) is 37.4 Å². The first-order chi connectivity index (χ1) is 12.5. The summed E-state index contributed by atoms with van der Waals surface area (Å²) in [5, 5.41) is 3.95. The summed E-state index contributed by atoms with van der Waals surface area (Å²) in [6.45, 7) is 3.63. The lowest BCUT2D eigenvalue weighted by molar-refractivity contribution is -0.118. The molecule has 0 atom stereocenters. The maximum absolute atomic E-state index is 12.3. The van der Waals surface area contributed by atoms with Gasteiger partial charge in [-0.25, -0.2) is 0 Å². The van der Waals surface area contributed by atoms with E-state index in [-0.39, 0.29) is 12.5 Å². The van der Waals surface area contributed by atoms with Gasteiger partial charge in [-0.3, -0.25) is 4.79 Å². The fourth-order valence-corrected chi connectivity index (χ4v) is 3.19. The monoisotopic (exact) mass is 393 g/mol. The van der Waals surface area contributed by atoms with Crippen molar-refractivity contribution in [2.45, 2.75) is 0 Å². The zero-order valence-corrected chi connectivity index (χ0v) is 16.1. The molecule has 138 valence electrons. The number of hydrogen-bond donors (Lipinski definition) is 1. The Morgan fingerprint density at radius 2 is 1.85 bits per heavy atom. The number of nitrogens with one attached hydrogen (secondary N) is 1. The maximum atomic E-state index is 12.3. The van der Waals surface area contributed by atoms with E-state index in [4.69, 9.17) is 27.9 Å². The van der Waals surface area contributed by atoms with Crippen molar-refractivity contribution < 1.29 is 9.53 Å². The molecule has 0 aliphatic carbocycles. The Hall–Kier alpha value is -1.95. The average Bonchev–Trinajstić information content (AvgIpc) is 2.62. The molecule has 7 heteroatoms. The summed E-state index contributed by atoms with van der Waals surface area (Å²) in [5.41, 5.74) is 1.66. The molecule has 1 aliphatic rings. The molecule has 2 aromatic carbocycles. The average molecular weight is 394 g/mol. The van der Waals surface area contributed by atoms with Gasteiger partial charge in [-0.2, -0.15) is 0 Å². The highest BCUT2D eigenvalue weighted by molar-refractivity contribution is 6.32. The third-order valence-electron chi connectivity index (χ3n) is 4.27. The van der Waals surface area contributed by atoms with Crippen LogP contribution in [0.4, 0.5) is 11.4 Å². The Kier molecular flexibility index (Phi) is 6.25. The third kappa shape index (κ3) is 4.81. The van der Waals surface area contributed by atoms with Crippen LogP contribution in [0.15, 0.2) is 42.5 Å². The fraction of sp³-hybridized carbons (Fsp3) is 0.316. The minimum Gasteiger partial charge on any atom is -0.482 e. The van der Waals surface area contributed by atoms with Gasteiger partial charge < -0.3 is 19.9 Å². The molecule has 0 bridgehead atoms. The van der Waals surface area contributed by atoms with Crippen molar-refractivity contribution in [2.24, 2.45) is 0 Å². The van der Waals surface area contributed by atoms with Gasteiger partial charge in [0.25, 0.3) is 5.91 Å². The number of piperazine rings is 1. The second-order valence-electron chi connectivity index (χ2n) is 6.22. The van der Waals surface area contributed by atoms with Crippen LogP contribution in [0.1, 0.15) is 0 Å². The van der Waals surface area contributed by atoms with Crippen LogP contribution < -0.4 is 15.0 Å². The van der Waals surface area contributed by atoms with Crippen LogP contribution in [0.3, 0.4) is 0 Å². The second kappa shape index (κ2) is 8.62. The quantitative estimate of drug-likeness (QED) is 0.839. The van der Waals surface area contributed by atoms with Gasteiger partial charge in [-0.1, -0.05) is 35.3 Å². The largest absolute Gasteiger partial charge is 0.482 e. The van der Waals surface area contributed by atoms with Crippen molar-refractivity contribution >= 4 is 40.5 Å². The molecule has 1 fully saturated rings. The first-order valence-corrected chi connectivity index (χ1v) is 9.19. The molecule has 0 radical (unpaired) electrons. The Morgan fingerprint density at radius 3 is 2.58 bits per heavy atom. The number of carbonyl (C=O) groups excluding carboxylic acids is 1. The molecule has 1 heterocycles. The molecule has 1 saturated heterocycles. The van der Waals surface area contributed by atoms with E-state index >= 15 is 0 Å². The number of rotatable bonds is 5. The van der Waals surface area contributed by atoms with Crippen LogP contribution in [-0.2, 0) is 4.79 Å². The Morgan fingerprint density at radius 1 is 1.12 bits per heavy atom. The number of ether oxygens (including phenoxy) is 1. The van der Waals surface area contributed by atoms with Crippen molar-refractivity contribution in [3.05, 3.63) is 52.5 Å². The van der Waals surface area contributed by atoms with Gasteiger partial charge in [0.2, 0.25) is 0 Å². The van der Waals surface area contributed by atoms with Crippen molar-refractivity contribution in [3.63, 3.8) is 0 Å². The van der Waals surface area contributed by atoms with Crippen molar-refractivity contribution in [1.29, 1.82) is 0 Å². The van der Waals surface area contributed by atoms with E-state index in [1.807, 2.05) is 24.3 Å². The van der Waals surface area contributed by atoms with E-state index < -0.39 is 0 Å². The van der Waals surface area contributed by atoms with Crippen LogP contribution in [0.25, 0.3) is 0 Å². The summed E-state index contributed by atoms with van der Waals surface area (Å²) in [6.07, 6.45) is 0. The predicted molar refractivity (Wildman–Crippen MR) is 107 cm³/mol. The molecule has 26 heavy (non-hydrogen) atoms. The number of halogens is 2. The van der Waals surface area contributed by atoms with Gasteiger partial charge in [-0.15, -0.1) is 0 Å². The summed E-state index contributed by atoms with van der Waals surface area (Å²) in [4.78, 5) is 16.9. The highest BCUT2D eigenvalue weighted by Crippen LogP contribution is 2.30. The molecule has 1 amide bonds. The molecule has 0 saturated carbocycles. The normalized spacial score (nSPS) is 15.0. The van der Waals surface area contributed by atoms with Crippen LogP contribution in [-0.4, -0.2) is 50.6 Å². The van der Waals surface area contributed by atoms with Gasteiger partial charge in [0.05, 0.1) is 16.4 Å². The lowest BCUT2D eigenvalue weighted by Crippen LogP contribution is -2.44. The second-order valence-corrected chi connectivity index (χ2v) is 7.06. The van der Waals surface area contributed by atoms with Crippen LogP contribution in [0, 0.1) is 0 Å². The number of hydrogen-bond acceptors (Lipinski definition) is 4. The minimum atomic E-state index is -0.262. The first kappa shape index (κ1) is 18.8. The fourth-order valence-electron chi connectivity index (χ4n) is 2.82. The number of benzene rings is 2. The predicted octanol–water partition coefficient (Wildman–Crippen LogP) is 3.76. The highest BCUT2D eigenvalue weighted by Gasteiger charge is 2.18. The molecule has 3 rings (SSSR count). The number of likely N-dealkylation sites (N-methyl/N-ethyl adjacent to an activating group) is 1. The molecular formula is C19H21Cl2N3O2. The van der Waals surface area contributed by atoms with Crippen LogP contribution in [0.5, 0.6) is 5.75 Å². The molecule has 1 aliphatic heterocycles. The smallest absolute Gasteiger partial charge is 0.262 e. The molecule has 1 N–H and O–H groups in total. The van der Waals surface area contributed by atoms with Gasteiger partial charge in [0.1, 0.15) is 5.75 Å². The first-order valence-electron chi connectivity index (χ1n) is 8.43. The van der Waals surface area contributed by atoms with Gasteiger partial charge in [0, 0.05) is 31.2 Å². The molecule has 2 aromatic rings. The van der Waals surface area contributed by atoms with Gasteiger partial charge >= 0.3 is 0 Å². The number of amides is 1. The SMILES string of the molecule is CN1CCN(c2ccc(Cl)cc2NC(=O)COc2ccccc2Cl)CC1. The lowest BCUT2D eigenvalue weighted by atomic mass is 10.2. The molecule has 0 unspecified atom stereocenters. The van der Waals surface area contributed by atoms with Crippen LogP contribution >= 0.6 is 23.2 Å². The van der Waals surface area contributed by atoms with E-state index in [2.05, 4.69) is 22.2 Å². The van der Waals surface area contributed by atoms with Crippen molar-refractivity contribution in [3.8, 4) is 5.75 Å². The van der Waals surface area contributed by atoms with Crippen molar-refractivity contribution in [2.75, 3.05) is 50.1 Å². The van der Waals surface area contributed by atoms with E-state index in [9.17, 15) is 4.79 Å². The minimum absolute atomic E-state index is 0.127. The summed E-state index contributed by atoms with van der Waals surface area (Å²) in [5.74, 6) is 0.220. The summed E-state index contributed by atoms with van der Waals surface area (Å²) in [7, 11) is 2.11. The van der Waals surface area contributed by atoms with Crippen molar-refractivity contribution in [1.82, 2.24) is 4.90 Å². The van der Waals surface area contributed by atoms with E-state index in [0.717, 1.165) is 31.9 Å². The van der Waals surface area contributed by atoms with Gasteiger partial charge in [0.15, 0.2) is 6.61 Å². The molecule has 0 spiro atoms. The number of nitrogens with zero attached hydrogens (tertiary/aromatic N) is 2. The number of anilines is 2. The Balaban J connectivity index is 1.67. The van der Waals surface area contributed by atoms with Crippen LogP contribution in [0.2, 0.25) is 10.0 Å². The molecular weight excluding hydrogens is 373 g/mol. The Bertz CT molecular complexity index is 777. The topological polar surface area (TPSA) is 44.8 Å². The highest BCUT2D eigenvalue weighted by atomic mass is 35.5. The van der Waals surface area contributed by atoms with E-state index in [1.54, 1.807) is 18.2 Å². The zero-order valence-electron chi connectivity index (χ0n) is 14.5. The zero-order chi connectivity index (χ0) is 18.5. The molecule has 5 nitrogen and oxygen atoms in total. The standard InChI is InChI=1S/C19H21Cl2N3O2/c1-23-8-10-24(11-9-23)17-7-6-14(20)12-16(17)22-19(25)13-26-18-5-3-2-4-15(18)21/h2-7,12H,8-11,13H2,1H3,(H,22,25). The number of para-hydroxylation sites is 1. The summed E-state index contributed by atoms with van der Waals surface area (Å²) < 4.78 is 5.50. The van der Waals surface area contributed by atoms with E-state index in [1.165, 1.54) is 0 Å².